The fourth-order valence-electron chi connectivity index (χ4n) is 2.79. The zero-order valence-electron chi connectivity index (χ0n) is 13.7. The van der Waals surface area contributed by atoms with E-state index in [0.29, 0.717) is 6.54 Å². The number of hydrogen-bond acceptors (Lipinski definition) is 2. The normalized spacial score (nSPS) is 11.7. The Hall–Kier alpha value is -2.94. The Morgan fingerprint density at radius 3 is 2.17 bits per heavy atom. The van der Waals surface area contributed by atoms with Crippen LogP contribution < -0.4 is 0 Å². The van der Waals surface area contributed by atoms with E-state index in [1.807, 2.05) is 85.9 Å². The molecule has 1 amide bonds. The molecule has 3 nitrogen and oxygen atoms in total. The van der Waals surface area contributed by atoms with Gasteiger partial charge in [0, 0.05) is 19.8 Å². The summed E-state index contributed by atoms with van der Waals surface area (Å²) >= 11 is 0. The van der Waals surface area contributed by atoms with E-state index < -0.39 is 0 Å². The predicted octanol–water partition coefficient (Wildman–Crippen LogP) is 3.87. The summed E-state index contributed by atoms with van der Waals surface area (Å²) in [6.07, 6.45) is 1.73. The summed E-state index contributed by atoms with van der Waals surface area (Å²) in [5.41, 5.74) is 2.84. The van der Waals surface area contributed by atoms with Gasteiger partial charge >= 0.3 is 0 Å². The van der Waals surface area contributed by atoms with Gasteiger partial charge in [0.25, 0.3) is 0 Å². The highest BCUT2D eigenvalue weighted by atomic mass is 16.2. The minimum atomic E-state index is -0.388. The van der Waals surface area contributed by atoms with Crippen molar-refractivity contribution in [2.75, 3.05) is 7.05 Å². The predicted molar refractivity (Wildman–Crippen MR) is 95.4 cm³/mol. The van der Waals surface area contributed by atoms with Crippen molar-refractivity contribution in [3.8, 4) is 0 Å². The summed E-state index contributed by atoms with van der Waals surface area (Å²) in [6.45, 7) is 0.579. The van der Waals surface area contributed by atoms with E-state index in [2.05, 4.69) is 4.98 Å². The lowest BCUT2D eigenvalue weighted by Crippen LogP contribution is -2.32. The highest BCUT2D eigenvalue weighted by Gasteiger charge is 2.26. The van der Waals surface area contributed by atoms with Gasteiger partial charge in [0.1, 0.15) is 5.92 Å². The van der Waals surface area contributed by atoms with Crippen molar-refractivity contribution in [1.29, 1.82) is 0 Å². The van der Waals surface area contributed by atoms with Crippen LogP contribution in [-0.2, 0) is 11.3 Å². The quantitative estimate of drug-likeness (QED) is 0.716. The molecule has 0 N–H and O–H groups in total. The van der Waals surface area contributed by atoms with E-state index in [1.165, 1.54) is 0 Å². The Morgan fingerprint density at radius 1 is 0.917 bits per heavy atom. The molecule has 0 spiro atoms. The van der Waals surface area contributed by atoms with E-state index in [4.69, 9.17) is 0 Å². The maximum absolute atomic E-state index is 13.1. The first-order valence-corrected chi connectivity index (χ1v) is 8.00. The lowest BCUT2D eigenvalue weighted by molar-refractivity contribution is -0.131. The second-order valence-electron chi connectivity index (χ2n) is 5.78. The van der Waals surface area contributed by atoms with E-state index in [1.54, 1.807) is 11.1 Å². The molecule has 0 aliphatic carbocycles. The Bertz CT molecular complexity index is 733. The Kier molecular flexibility index (Phi) is 5.02. The van der Waals surface area contributed by atoms with E-state index in [9.17, 15) is 4.79 Å². The smallest absolute Gasteiger partial charge is 0.236 e. The number of amides is 1. The van der Waals surface area contributed by atoms with Gasteiger partial charge in [0.15, 0.2) is 0 Å². The second kappa shape index (κ2) is 7.55. The largest absolute Gasteiger partial charge is 0.341 e. The van der Waals surface area contributed by atoms with Gasteiger partial charge < -0.3 is 4.90 Å². The lowest BCUT2D eigenvalue weighted by atomic mass is 9.93. The maximum Gasteiger partial charge on any atom is 0.236 e. The summed E-state index contributed by atoms with van der Waals surface area (Å²) in [7, 11) is 1.84. The number of hydrogen-bond donors (Lipinski definition) is 0. The third kappa shape index (κ3) is 3.69. The van der Waals surface area contributed by atoms with Crippen molar-refractivity contribution < 1.29 is 4.79 Å². The molecule has 0 bridgehead atoms. The maximum atomic E-state index is 13.1. The van der Waals surface area contributed by atoms with Gasteiger partial charge in [-0.2, -0.15) is 0 Å². The molecule has 0 saturated heterocycles. The second-order valence-corrected chi connectivity index (χ2v) is 5.78. The van der Waals surface area contributed by atoms with Gasteiger partial charge in [-0.3, -0.25) is 9.78 Å². The molecule has 24 heavy (non-hydrogen) atoms. The number of benzene rings is 2. The van der Waals surface area contributed by atoms with Gasteiger partial charge in [-0.05, 0) is 23.3 Å². The van der Waals surface area contributed by atoms with Crippen LogP contribution in [0.2, 0.25) is 0 Å². The van der Waals surface area contributed by atoms with Crippen LogP contribution >= 0.6 is 0 Å². The first-order chi connectivity index (χ1) is 11.8. The molecule has 1 heterocycles. The fourth-order valence-corrected chi connectivity index (χ4v) is 2.79. The van der Waals surface area contributed by atoms with Crippen LogP contribution in [0.15, 0.2) is 85.1 Å². The van der Waals surface area contributed by atoms with Crippen LogP contribution in [0.5, 0.6) is 0 Å². The summed E-state index contributed by atoms with van der Waals surface area (Å²) in [5, 5.41) is 0. The molecule has 0 aliphatic rings. The standard InChI is InChI=1S/C21H20N2O/c1-23(16-17-10-4-2-5-11-17)21(24)20(18-12-6-3-7-13-18)19-14-8-9-15-22-19/h2-15,20H,16H2,1H3. The van der Waals surface area contributed by atoms with Crippen LogP contribution in [0.1, 0.15) is 22.7 Å². The topological polar surface area (TPSA) is 33.2 Å². The average Bonchev–Trinajstić information content (AvgIpc) is 2.64. The zero-order valence-corrected chi connectivity index (χ0v) is 13.7. The van der Waals surface area contributed by atoms with Gasteiger partial charge in [0.2, 0.25) is 5.91 Å². The van der Waals surface area contributed by atoms with E-state index >= 15 is 0 Å². The number of carbonyl (C=O) groups excluding carboxylic acids is 1. The molecule has 0 fully saturated rings. The van der Waals surface area contributed by atoms with Crippen molar-refractivity contribution in [3.63, 3.8) is 0 Å². The molecule has 0 radical (unpaired) electrons. The molecular weight excluding hydrogens is 296 g/mol. The lowest BCUT2D eigenvalue weighted by Gasteiger charge is -2.24. The summed E-state index contributed by atoms with van der Waals surface area (Å²) in [6, 6.07) is 25.5. The minimum absolute atomic E-state index is 0.0451. The van der Waals surface area contributed by atoms with Gasteiger partial charge in [-0.1, -0.05) is 66.7 Å². The summed E-state index contributed by atoms with van der Waals surface area (Å²) < 4.78 is 0. The third-order valence-corrected chi connectivity index (χ3v) is 4.00. The highest BCUT2D eigenvalue weighted by molar-refractivity contribution is 5.86. The van der Waals surface area contributed by atoms with Crippen LogP contribution in [-0.4, -0.2) is 22.8 Å². The number of likely N-dealkylation sites (N-methyl/N-ethyl adjacent to an activating group) is 1. The molecular formula is C21H20N2O. The molecule has 0 aliphatic heterocycles. The number of aromatic nitrogens is 1. The minimum Gasteiger partial charge on any atom is -0.341 e. The Balaban J connectivity index is 1.89. The summed E-state index contributed by atoms with van der Waals surface area (Å²) in [4.78, 5) is 19.3. The fraction of sp³-hybridized carbons (Fsp3) is 0.143. The molecule has 1 aromatic heterocycles. The zero-order chi connectivity index (χ0) is 16.8. The molecule has 3 heteroatoms. The molecule has 2 aromatic carbocycles. The van der Waals surface area contributed by atoms with Crippen molar-refractivity contribution >= 4 is 5.91 Å². The monoisotopic (exact) mass is 316 g/mol. The molecule has 3 aromatic rings. The van der Waals surface area contributed by atoms with Gasteiger partial charge in [-0.25, -0.2) is 0 Å². The molecule has 1 atom stereocenters. The van der Waals surface area contributed by atoms with Crippen molar-refractivity contribution in [2.24, 2.45) is 0 Å². The van der Waals surface area contributed by atoms with Crippen molar-refractivity contribution in [1.82, 2.24) is 9.88 Å². The molecule has 3 rings (SSSR count). The number of nitrogens with zero attached hydrogens (tertiary/aromatic N) is 2. The third-order valence-electron chi connectivity index (χ3n) is 4.00. The molecule has 120 valence electrons. The average molecular weight is 316 g/mol. The van der Waals surface area contributed by atoms with Crippen LogP contribution in [0, 0.1) is 0 Å². The van der Waals surface area contributed by atoms with Gasteiger partial charge in [-0.15, -0.1) is 0 Å². The number of pyridine rings is 1. The molecule has 1 unspecified atom stereocenters. The summed E-state index contributed by atoms with van der Waals surface area (Å²) in [5.74, 6) is -0.343. The van der Waals surface area contributed by atoms with Crippen LogP contribution in [0.4, 0.5) is 0 Å². The Morgan fingerprint density at radius 2 is 1.54 bits per heavy atom. The van der Waals surface area contributed by atoms with Gasteiger partial charge in [0.05, 0.1) is 5.69 Å². The number of rotatable bonds is 5. The first-order valence-electron chi connectivity index (χ1n) is 8.00. The Labute approximate surface area is 142 Å². The number of carbonyl (C=O) groups is 1. The SMILES string of the molecule is CN(Cc1ccccc1)C(=O)C(c1ccccc1)c1ccccn1. The highest BCUT2D eigenvalue weighted by Crippen LogP contribution is 2.25. The van der Waals surface area contributed by atoms with E-state index in [-0.39, 0.29) is 11.8 Å². The van der Waals surface area contributed by atoms with Crippen molar-refractivity contribution in [2.45, 2.75) is 12.5 Å². The van der Waals surface area contributed by atoms with Crippen molar-refractivity contribution in [3.05, 3.63) is 102 Å². The van der Waals surface area contributed by atoms with E-state index in [0.717, 1.165) is 16.8 Å². The first kappa shape index (κ1) is 15.9. The van der Waals surface area contributed by atoms with Crippen LogP contribution in [0.3, 0.4) is 0 Å². The molecule has 0 saturated carbocycles. The van der Waals surface area contributed by atoms with Crippen LogP contribution in [0.25, 0.3) is 0 Å².